The lowest BCUT2D eigenvalue weighted by atomic mass is 10.2. The zero-order valence-electron chi connectivity index (χ0n) is 8.09. The van der Waals surface area contributed by atoms with Gasteiger partial charge in [0.15, 0.2) is 0 Å². The molecule has 0 saturated carbocycles. The van der Waals surface area contributed by atoms with Gasteiger partial charge < -0.3 is 15.0 Å². The molecule has 0 radical (unpaired) electrons. The maximum Gasteiger partial charge on any atom is 0.256 e. The molecule has 1 aliphatic heterocycles. The molecule has 5 nitrogen and oxygen atoms in total. The molecule has 0 saturated heterocycles. The first kappa shape index (κ1) is 9.36. The van der Waals surface area contributed by atoms with Gasteiger partial charge in [-0.2, -0.15) is 0 Å². The fourth-order valence-corrected chi connectivity index (χ4v) is 1.48. The van der Waals surface area contributed by atoms with Gasteiger partial charge in [0, 0.05) is 13.0 Å². The molecule has 76 valence electrons. The predicted octanol–water partition coefficient (Wildman–Crippen LogP) is -0.438. The molecule has 0 bridgehead atoms. The second kappa shape index (κ2) is 3.89. The maximum atomic E-state index is 11.5. The molecule has 2 rings (SSSR count). The lowest BCUT2D eigenvalue weighted by molar-refractivity contribution is 0.133. The molecule has 0 aliphatic carbocycles. The Balaban J connectivity index is 2.28. The number of nitrogens with one attached hydrogen (secondary N) is 2. The van der Waals surface area contributed by atoms with Crippen LogP contribution >= 0.6 is 0 Å². The SMILES string of the molecule is CNCCc1nc2c(c(=O)[nH]1)COC2. The molecule has 0 amide bonds. The number of hydrogen-bond donors (Lipinski definition) is 2. The quantitative estimate of drug-likeness (QED) is 0.686. The van der Waals surface area contributed by atoms with E-state index in [4.69, 9.17) is 4.74 Å². The van der Waals surface area contributed by atoms with E-state index in [0.29, 0.717) is 18.8 Å². The van der Waals surface area contributed by atoms with E-state index in [9.17, 15) is 4.79 Å². The van der Waals surface area contributed by atoms with Crippen LogP contribution in [0, 0.1) is 0 Å². The number of nitrogens with zero attached hydrogens (tertiary/aromatic N) is 1. The highest BCUT2D eigenvalue weighted by Gasteiger charge is 2.17. The van der Waals surface area contributed by atoms with Crippen LogP contribution in [0.2, 0.25) is 0 Å². The van der Waals surface area contributed by atoms with Crippen LogP contribution in [-0.4, -0.2) is 23.6 Å². The Bertz CT molecular complexity index is 386. The third-order valence-corrected chi connectivity index (χ3v) is 2.25. The molecule has 1 aromatic heterocycles. The molecule has 0 fully saturated rings. The van der Waals surface area contributed by atoms with Crippen molar-refractivity contribution in [3.05, 3.63) is 27.4 Å². The number of aromatic amines is 1. The van der Waals surface area contributed by atoms with Gasteiger partial charge in [-0.1, -0.05) is 0 Å². The molecule has 1 aliphatic rings. The summed E-state index contributed by atoms with van der Waals surface area (Å²) in [5, 5.41) is 3.01. The Morgan fingerprint density at radius 3 is 3.21 bits per heavy atom. The van der Waals surface area contributed by atoms with Crippen molar-refractivity contribution in [1.29, 1.82) is 0 Å². The third-order valence-electron chi connectivity index (χ3n) is 2.25. The minimum absolute atomic E-state index is 0.0568. The van der Waals surface area contributed by atoms with Gasteiger partial charge in [0.2, 0.25) is 0 Å². The highest BCUT2D eigenvalue weighted by Crippen LogP contribution is 2.12. The smallest absolute Gasteiger partial charge is 0.256 e. The average molecular weight is 195 g/mol. The second-order valence-corrected chi connectivity index (χ2v) is 3.28. The number of rotatable bonds is 3. The molecular weight excluding hydrogens is 182 g/mol. The van der Waals surface area contributed by atoms with Gasteiger partial charge in [0.25, 0.3) is 5.56 Å². The first-order valence-corrected chi connectivity index (χ1v) is 4.64. The number of H-pyrrole nitrogens is 1. The van der Waals surface area contributed by atoms with Crippen molar-refractivity contribution in [2.24, 2.45) is 0 Å². The minimum Gasteiger partial charge on any atom is -0.370 e. The highest BCUT2D eigenvalue weighted by atomic mass is 16.5. The first-order valence-electron chi connectivity index (χ1n) is 4.64. The number of fused-ring (bicyclic) bond motifs is 1. The van der Waals surface area contributed by atoms with E-state index in [-0.39, 0.29) is 5.56 Å². The van der Waals surface area contributed by atoms with Crippen molar-refractivity contribution < 1.29 is 4.74 Å². The van der Waals surface area contributed by atoms with Crippen molar-refractivity contribution in [2.45, 2.75) is 19.6 Å². The molecule has 0 aromatic carbocycles. The van der Waals surface area contributed by atoms with Gasteiger partial charge in [-0.05, 0) is 7.05 Å². The van der Waals surface area contributed by atoms with Crippen LogP contribution in [0.4, 0.5) is 0 Å². The largest absolute Gasteiger partial charge is 0.370 e. The Morgan fingerprint density at radius 1 is 1.57 bits per heavy atom. The molecule has 5 heteroatoms. The van der Waals surface area contributed by atoms with E-state index in [1.807, 2.05) is 7.05 Å². The third kappa shape index (κ3) is 1.69. The van der Waals surface area contributed by atoms with Crippen LogP contribution in [0.25, 0.3) is 0 Å². The predicted molar refractivity (Wildman–Crippen MR) is 51.0 cm³/mol. The molecule has 1 aromatic rings. The molecule has 0 spiro atoms. The van der Waals surface area contributed by atoms with Crippen LogP contribution in [0.1, 0.15) is 17.1 Å². The summed E-state index contributed by atoms with van der Waals surface area (Å²) in [5.74, 6) is 0.730. The van der Waals surface area contributed by atoms with Crippen LogP contribution in [0.5, 0.6) is 0 Å². The zero-order valence-corrected chi connectivity index (χ0v) is 8.09. The summed E-state index contributed by atoms with van der Waals surface area (Å²) < 4.78 is 5.16. The van der Waals surface area contributed by atoms with Crippen molar-refractivity contribution in [2.75, 3.05) is 13.6 Å². The lowest BCUT2D eigenvalue weighted by Crippen LogP contribution is -2.20. The zero-order chi connectivity index (χ0) is 9.97. The van der Waals surface area contributed by atoms with Crippen molar-refractivity contribution >= 4 is 0 Å². The molecule has 0 unspecified atom stereocenters. The van der Waals surface area contributed by atoms with Gasteiger partial charge >= 0.3 is 0 Å². The highest BCUT2D eigenvalue weighted by molar-refractivity contribution is 5.19. The van der Waals surface area contributed by atoms with Gasteiger partial charge in [-0.3, -0.25) is 4.79 Å². The monoisotopic (exact) mass is 195 g/mol. The summed E-state index contributed by atoms with van der Waals surface area (Å²) in [6, 6.07) is 0. The number of aromatic nitrogens is 2. The fraction of sp³-hybridized carbons (Fsp3) is 0.556. The average Bonchev–Trinajstić information content (AvgIpc) is 2.63. The standard InChI is InChI=1S/C9H13N3O2/c1-10-3-2-8-11-7-5-14-4-6(7)9(13)12-8/h10H,2-5H2,1H3,(H,11,12,13). The van der Waals surface area contributed by atoms with Crippen LogP contribution in [0.3, 0.4) is 0 Å². The minimum atomic E-state index is -0.0568. The first-order chi connectivity index (χ1) is 6.81. The van der Waals surface area contributed by atoms with E-state index >= 15 is 0 Å². The summed E-state index contributed by atoms with van der Waals surface area (Å²) in [4.78, 5) is 18.6. The van der Waals surface area contributed by atoms with Crippen molar-refractivity contribution in [1.82, 2.24) is 15.3 Å². The van der Waals surface area contributed by atoms with Gasteiger partial charge in [0.05, 0.1) is 24.5 Å². The number of likely N-dealkylation sites (N-methyl/N-ethyl adjacent to an activating group) is 1. The van der Waals surface area contributed by atoms with Crippen molar-refractivity contribution in [3.63, 3.8) is 0 Å². The van der Waals surface area contributed by atoms with E-state index in [1.54, 1.807) is 0 Å². The van der Waals surface area contributed by atoms with Crippen LogP contribution in [0.15, 0.2) is 4.79 Å². The van der Waals surface area contributed by atoms with E-state index in [0.717, 1.165) is 24.5 Å². The number of ether oxygens (including phenoxy) is 1. The summed E-state index contributed by atoms with van der Waals surface area (Å²) >= 11 is 0. The Labute approximate surface area is 81.5 Å². The van der Waals surface area contributed by atoms with Crippen LogP contribution in [-0.2, 0) is 24.4 Å². The lowest BCUT2D eigenvalue weighted by Gasteiger charge is -2.01. The van der Waals surface area contributed by atoms with Crippen molar-refractivity contribution in [3.8, 4) is 0 Å². The molecule has 2 N–H and O–H groups in total. The normalized spacial score (nSPS) is 14.4. The van der Waals surface area contributed by atoms with Gasteiger partial charge in [-0.15, -0.1) is 0 Å². The van der Waals surface area contributed by atoms with E-state index in [1.165, 1.54) is 0 Å². The maximum absolute atomic E-state index is 11.5. The summed E-state index contributed by atoms with van der Waals surface area (Å²) in [5.41, 5.74) is 1.41. The van der Waals surface area contributed by atoms with Crippen LogP contribution < -0.4 is 10.9 Å². The van der Waals surface area contributed by atoms with E-state index < -0.39 is 0 Å². The second-order valence-electron chi connectivity index (χ2n) is 3.28. The Morgan fingerprint density at radius 2 is 2.43 bits per heavy atom. The fourth-order valence-electron chi connectivity index (χ4n) is 1.48. The summed E-state index contributed by atoms with van der Waals surface area (Å²) in [6.45, 7) is 1.67. The Kier molecular flexibility index (Phi) is 2.60. The molecule has 2 heterocycles. The summed E-state index contributed by atoms with van der Waals surface area (Å²) in [7, 11) is 1.87. The molecule has 0 atom stereocenters. The molecular formula is C9H13N3O2. The Hall–Kier alpha value is -1.20. The number of hydrogen-bond acceptors (Lipinski definition) is 4. The summed E-state index contributed by atoms with van der Waals surface area (Å²) in [6.07, 6.45) is 0.735. The topological polar surface area (TPSA) is 67.0 Å². The van der Waals surface area contributed by atoms with Gasteiger partial charge in [-0.25, -0.2) is 4.98 Å². The van der Waals surface area contributed by atoms with Gasteiger partial charge in [0.1, 0.15) is 5.82 Å². The van der Waals surface area contributed by atoms with E-state index in [2.05, 4.69) is 15.3 Å². The molecule has 14 heavy (non-hydrogen) atoms.